The number of hydrogen-bond acceptors (Lipinski definition) is 2. The third kappa shape index (κ3) is 2.90. The van der Waals surface area contributed by atoms with Gasteiger partial charge in [-0.05, 0) is 43.7 Å². The first kappa shape index (κ1) is 14.5. The molecule has 4 nitrogen and oxygen atoms in total. The molecule has 1 saturated carbocycles. The third-order valence-electron chi connectivity index (χ3n) is 5.19. The number of rotatable bonds is 3. The summed E-state index contributed by atoms with van der Waals surface area (Å²) >= 11 is 0. The number of nitrogens with zero attached hydrogens (tertiary/aromatic N) is 3. The SMILES string of the molecule is Cc1cccc([C@@H]2C[C@@H]2C(=O)N2CCC[C@H](n3cccn3)C2)c1. The Morgan fingerprint density at radius 3 is 3.00 bits per heavy atom. The maximum atomic E-state index is 12.8. The predicted molar refractivity (Wildman–Crippen MR) is 89.1 cm³/mol. The second kappa shape index (κ2) is 5.84. The Hall–Kier alpha value is -2.10. The van der Waals surface area contributed by atoms with Crippen molar-refractivity contribution in [3.05, 3.63) is 53.9 Å². The molecule has 120 valence electrons. The molecule has 0 N–H and O–H groups in total. The zero-order chi connectivity index (χ0) is 15.8. The van der Waals surface area contributed by atoms with E-state index < -0.39 is 0 Å². The molecular formula is C19H23N3O. The normalized spacial score (nSPS) is 27.0. The summed E-state index contributed by atoms with van der Waals surface area (Å²) in [7, 11) is 0. The summed E-state index contributed by atoms with van der Waals surface area (Å²) in [5.41, 5.74) is 2.60. The molecule has 23 heavy (non-hydrogen) atoms. The molecule has 1 amide bonds. The highest BCUT2D eigenvalue weighted by Crippen LogP contribution is 2.49. The number of carbonyl (C=O) groups is 1. The summed E-state index contributed by atoms with van der Waals surface area (Å²) < 4.78 is 2.00. The van der Waals surface area contributed by atoms with E-state index in [0.29, 0.717) is 17.9 Å². The van der Waals surface area contributed by atoms with E-state index in [1.54, 1.807) is 0 Å². The van der Waals surface area contributed by atoms with Crippen molar-refractivity contribution < 1.29 is 4.79 Å². The molecule has 1 aromatic heterocycles. The predicted octanol–water partition coefficient (Wildman–Crippen LogP) is 3.16. The van der Waals surface area contributed by atoms with Gasteiger partial charge < -0.3 is 4.90 Å². The van der Waals surface area contributed by atoms with E-state index in [0.717, 1.165) is 32.4 Å². The van der Waals surface area contributed by atoms with E-state index in [1.807, 2.05) is 23.1 Å². The quantitative estimate of drug-likeness (QED) is 0.873. The number of likely N-dealkylation sites (tertiary alicyclic amines) is 1. The van der Waals surface area contributed by atoms with Crippen molar-refractivity contribution in [2.24, 2.45) is 5.92 Å². The number of aryl methyl sites for hydroxylation is 1. The lowest BCUT2D eigenvalue weighted by Gasteiger charge is -2.33. The first-order valence-corrected chi connectivity index (χ1v) is 8.57. The summed E-state index contributed by atoms with van der Waals surface area (Å²) in [4.78, 5) is 14.9. The minimum Gasteiger partial charge on any atom is -0.340 e. The van der Waals surface area contributed by atoms with Gasteiger partial charge >= 0.3 is 0 Å². The third-order valence-corrected chi connectivity index (χ3v) is 5.19. The fourth-order valence-corrected chi connectivity index (χ4v) is 3.84. The number of carbonyl (C=O) groups excluding carboxylic acids is 1. The van der Waals surface area contributed by atoms with Crippen LogP contribution in [0.2, 0.25) is 0 Å². The van der Waals surface area contributed by atoms with Gasteiger partial charge in [0.2, 0.25) is 5.91 Å². The molecule has 4 rings (SSSR count). The standard InChI is InChI=1S/C19H23N3O/c1-14-5-2-6-15(11-14)17-12-18(17)19(23)21-9-3-7-16(13-21)22-10-4-8-20-22/h2,4-6,8,10-11,16-18H,3,7,9,12-13H2,1H3/t16-,17-,18-/m0/s1. The number of amides is 1. The fourth-order valence-electron chi connectivity index (χ4n) is 3.84. The maximum absolute atomic E-state index is 12.8. The molecule has 1 aliphatic heterocycles. The highest BCUT2D eigenvalue weighted by molar-refractivity contribution is 5.83. The number of aromatic nitrogens is 2. The van der Waals surface area contributed by atoms with Crippen LogP contribution in [0.4, 0.5) is 0 Å². The summed E-state index contributed by atoms with van der Waals surface area (Å²) in [6.07, 6.45) is 7.00. The van der Waals surface area contributed by atoms with E-state index in [9.17, 15) is 4.79 Å². The minimum absolute atomic E-state index is 0.188. The Labute approximate surface area is 137 Å². The monoisotopic (exact) mass is 309 g/mol. The molecule has 4 heteroatoms. The molecule has 2 aliphatic rings. The lowest BCUT2D eigenvalue weighted by atomic mass is 10.0. The van der Waals surface area contributed by atoms with Crippen LogP contribution >= 0.6 is 0 Å². The number of benzene rings is 1. The van der Waals surface area contributed by atoms with Gasteiger partial charge in [-0.25, -0.2) is 0 Å². The Morgan fingerprint density at radius 2 is 2.22 bits per heavy atom. The van der Waals surface area contributed by atoms with Gasteiger partial charge in [-0.1, -0.05) is 29.8 Å². The van der Waals surface area contributed by atoms with Crippen molar-refractivity contribution in [1.29, 1.82) is 0 Å². The molecule has 2 heterocycles. The Bertz CT molecular complexity index is 694. The van der Waals surface area contributed by atoms with Crippen molar-refractivity contribution in [3.63, 3.8) is 0 Å². The van der Waals surface area contributed by atoms with Gasteiger partial charge in [0, 0.05) is 31.4 Å². The highest BCUT2D eigenvalue weighted by Gasteiger charge is 2.46. The van der Waals surface area contributed by atoms with Crippen LogP contribution in [0.1, 0.15) is 42.3 Å². The zero-order valence-electron chi connectivity index (χ0n) is 13.6. The van der Waals surface area contributed by atoms with Crippen LogP contribution in [-0.2, 0) is 4.79 Å². The Kier molecular flexibility index (Phi) is 3.68. The topological polar surface area (TPSA) is 38.1 Å². The van der Waals surface area contributed by atoms with Gasteiger partial charge in [0.1, 0.15) is 0 Å². The van der Waals surface area contributed by atoms with Gasteiger partial charge in [0.05, 0.1) is 6.04 Å². The molecular weight excluding hydrogens is 286 g/mol. The lowest BCUT2D eigenvalue weighted by Crippen LogP contribution is -2.41. The van der Waals surface area contributed by atoms with E-state index >= 15 is 0 Å². The zero-order valence-corrected chi connectivity index (χ0v) is 13.6. The molecule has 0 spiro atoms. The van der Waals surface area contributed by atoms with Crippen molar-refractivity contribution in [2.45, 2.75) is 38.1 Å². The van der Waals surface area contributed by atoms with Crippen LogP contribution in [0.25, 0.3) is 0 Å². The van der Waals surface area contributed by atoms with Gasteiger partial charge in [-0.3, -0.25) is 9.48 Å². The summed E-state index contributed by atoms with van der Waals surface area (Å²) in [6.45, 7) is 3.81. The van der Waals surface area contributed by atoms with Gasteiger partial charge in [-0.15, -0.1) is 0 Å². The first-order chi connectivity index (χ1) is 11.2. The van der Waals surface area contributed by atoms with Crippen LogP contribution in [0.15, 0.2) is 42.7 Å². The largest absolute Gasteiger partial charge is 0.340 e. The van der Waals surface area contributed by atoms with Gasteiger partial charge in [0.25, 0.3) is 0 Å². The first-order valence-electron chi connectivity index (χ1n) is 8.57. The number of piperidine rings is 1. The van der Waals surface area contributed by atoms with Crippen molar-refractivity contribution >= 4 is 5.91 Å². The molecule has 1 saturated heterocycles. The van der Waals surface area contributed by atoms with Crippen LogP contribution < -0.4 is 0 Å². The van der Waals surface area contributed by atoms with Crippen molar-refractivity contribution in [2.75, 3.05) is 13.1 Å². The summed E-state index contributed by atoms with van der Waals surface area (Å²) in [6, 6.07) is 10.9. The molecule has 0 radical (unpaired) electrons. The molecule has 1 aliphatic carbocycles. The smallest absolute Gasteiger partial charge is 0.226 e. The van der Waals surface area contributed by atoms with Crippen LogP contribution in [-0.4, -0.2) is 33.7 Å². The second-order valence-corrected chi connectivity index (χ2v) is 6.93. The van der Waals surface area contributed by atoms with E-state index in [-0.39, 0.29) is 5.92 Å². The van der Waals surface area contributed by atoms with Gasteiger partial charge in [-0.2, -0.15) is 5.10 Å². The van der Waals surface area contributed by atoms with E-state index in [2.05, 4.69) is 41.2 Å². The average molecular weight is 309 g/mol. The second-order valence-electron chi connectivity index (χ2n) is 6.93. The van der Waals surface area contributed by atoms with Crippen molar-refractivity contribution in [1.82, 2.24) is 14.7 Å². The van der Waals surface area contributed by atoms with Crippen LogP contribution in [0, 0.1) is 12.8 Å². The Balaban J connectivity index is 1.42. The highest BCUT2D eigenvalue weighted by atomic mass is 16.2. The molecule has 2 fully saturated rings. The minimum atomic E-state index is 0.188. The average Bonchev–Trinajstić information content (AvgIpc) is 3.19. The van der Waals surface area contributed by atoms with E-state index in [4.69, 9.17) is 0 Å². The van der Waals surface area contributed by atoms with Crippen molar-refractivity contribution in [3.8, 4) is 0 Å². The Morgan fingerprint density at radius 1 is 1.30 bits per heavy atom. The van der Waals surface area contributed by atoms with E-state index in [1.165, 1.54) is 11.1 Å². The summed E-state index contributed by atoms with van der Waals surface area (Å²) in [5.74, 6) is 0.953. The maximum Gasteiger partial charge on any atom is 0.226 e. The van der Waals surface area contributed by atoms with Crippen LogP contribution in [0.5, 0.6) is 0 Å². The molecule has 0 bridgehead atoms. The molecule has 2 aromatic rings. The van der Waals surface area contributed by atoms with Crippen LogP contribution in [0.3, 0.4) is 0 Å². The molecule has 3 atom stereocenters. The van der Waals surface area contributed by atoms with Gasteiger partial charge in [0.15, 0.2) is 0 Å². The number of hydrogen-bond donors (Lipinski definition) is 0. The molecule has 1 aromatic carbocycles. The summed E-state index contributed by atoms with van der Waals surface area (Å²) in [5, 5.41) is 4.35. The molecule has 0 unspecified atom stereocenters. The fraction of sp³-hybridized carbons (Fsp3) is 0.474. The lowest BCUT2D eigenvalue weighted by molar-refractivity contribution is -0.134.